The first-order valence-electron chi connectivity index (χ1n) is 9.44. The van der Waals surface area contributed by atoms with Crippen LogP contribution < -0.4 is 5.32 Å². The lowest BCUT2D eigenvalue weighted by Gasteiger charge is -2.44. The molecule has 0 aromatic heterocycles. The molecule has 27 heavy (non-hydrogen) atoms. The molecule has 1 saturated carbocycles. The maximum atomic E-state index is 13.7. The number of nitrogens with one attached hydrogen (secondary N) is 1. The Morgan fingerprint density at radius 1 is 1.19 bits per heavy atom. The van der Waals surface area contributed by atoms with Crippen molar-refractivity contribution in [3.63, 3.8) is 0 Å². The second kappa shape index (κ2) is 5.82. The fourth-order valence-corrected chi connectivity index (χ4v) is 4.72. The Hall–Kier alpha value is -1.86. The van der Waals surface area contributed by atoms with E-state index >= 15 is 0 Å². The number of carboxylic acid groups (broad SMARTS) is 1. The molecule has 0 aromatic rings. The SMILES string of the molecule is CC1(F)CN(C(=O)NC(C(=O)N2C[C@H]3[C@@H]([C@H]2C(=O)O)C3(C)C)C(C)(C)C)C1. The molecule has 8 heteroatoms. The Bertz CT molecular complexity index is 677. The predicted octanol–water partition coefficient (Wildman–Crippen LogP) is 1.72. The molecule has 1 unspecified atom stereocenters. The first kappa shape index (κ1) is 19.9. The van der Waals surface area contributed by atoms with Crippen LogP contribution in [0, 0.1) is 22.7 Å². The molecular weight excluding hydrogens is 353 g/mol. The van der Waals surface area contributed by atoms with Crippen LogP contribution >= 0.6 is 0 Å². The van der Waals surface area contributed by atoms with Gasteiger partial charge in [-0.1, -0.05) is 34.6 Å². The fourth-order valence-electron chi connectivity index (χ4n) is 4.72. The lowest BCUT2D eigenvalue weighted by molar-refractivity contribution is -0.152. The normalized spacial score (nSPS) is 31.6. The van der Waals surface area contributed by atoms with E-state index in [0.717, 1.165) is 0 Å². The number of hydrogen-bond donors (Lipinski definition) is 2. The number of fused-ring (bicyclic) bond motifs is 1. The van der Waals surface area contributed by atoms with Crippen molar-refractivity contribution in [3.8, 4) is 0 Å². The van der Waals surface area contributed by atoms with Crippen molar-refractivity contribution < 1.29 is 23.9 Å². The molecule has 0 spiro atoms. The van der Waals surface area contributed by atoms with E-state index in [1.54, 1.807) is 0 Å². The van der Waals surface area contributed by atoms with Crippen LogP contribution in [0.3, 0.4) is 0 Å². The molecule has 0 aromatic carbocycles. The van der Waals surface area contributed by atoms with Crippen molar-refractivity contribution in [1.29, 1.82) is 0 Å². The standard InChI is InChI=1S/C19H30FN3O4/c1-17(2,3)13(21-16(27)22-8-19(6,20)9-22)14(24)23-7-10-11(18(10,4)5)12(23)15(25)26/h10-13H,7-9H2,1-6H3,(H,21,27)(H,25,26)/t10-,11-,12-,13?/m0/s1. The molecule has 3 aliphatic rings. The zero-order valence-electron chi connectivity index (χ0n) is 16.9. The van der Waals surface area contributed by atoms with E-state index in [1.165, 1.54) is 16.7 Å². The third-order valence-electron chi connectivity index (χ3n) is 6.45. The summed E-state index contributed by atoms with van der Waals surface area (Å²) in [6.45, 7) is 11.3. The summed E-state index contributed by atoms with van der Waals surface area (Å²) in [6, 6.07) is -2.23. The van der Waals surface area contributed by atoms with Gasteiger partial charge in [0.2, 0.25) is 5.91 Å². The molecule has 4 atom stereocenters. The largest absolute Gasteiger partial charge is 0.480 e. The number of hydrogen-bond acceptors (Lipinski definition) is 3. The zero-order chi connectivity index (χ0) is 20.5. The van der Waals surface area contributed by atoms with Gasteiger partial charge in [0.1, 0.15) is 17.8 Å². The summed E-state index contributed by atoms with van der Waals surface area (Å²) < 4.78 is 13.7. The Kier molecular flexibility index (Phi) is 4.28. The van der Waals surface area contributed by atoms with Gasteiger partial charge in [-0.25, -0.2) is 14.0 Å². The second-order valence-electron chi connectivity index (χ2n) is 10.2. The second-order valence-corrected chi connectivity index (χ2v) is 10.2. The summed E-state index contributed by atoms with van der Waals surface area (Å²) in [5.41, 5.74) is -2.08. The molecule has 2 saturated heterocycles. The van der Waals surface area contributed by atoms with Crippen LogP contribution in [0.1, 0.15) is 41.5 Å². The molecule has 1 aliphatic carbocycles. The van der Waals surface area contributed by atoms with E-state index in [-0.39, 0.29) is 36.2 Å². The molecule has 152 valence electrons. The number of urea groups is 1. The van der Waals surface area contributed by atoms with Crippen molar-refractivity contribution in [3.05, 3.63) is 0 Å². The van der Waals surface area contributed by atoms with Crippen molar-refractivity contribution in [2.45, 2.75) is 59.3 Å². The van der Waals surface area contributed by atoms with Crippen LogP contribution in [-0.4, -0.2) is 70.2 Å². The molecule has 2 N–H and O–H groups in total. The quantitative estimate of drug-likeness (QED) is 0.777. The number of carbonyl (C=O) groups excluding carboxylic acids is 2. The van der Waals surface area contributed by atoms with Gasteiger partial charge in [-0.2, -0.15) is 0 Å². The van der Waals surface area contributed by atoms with Crippen LogP contribution in [0.4, 0.5) is 9.18 Å². The number of piperidine rings is 1. The van der Waals surface area contributed by atoms with Crippen LogP contribution in [0.25, 0.3) is 0 Å². The van der Waals surface area contributed by atoms with Gasteiger partial charge in [-0.15, -0.1) is 0 Å². The van der Waals surface area contributed by atoms with Crippen LogP contribution in [-0.2, 0) is 9.59 Å². The zero-order valence-corrected chi connectivity index (χ0v) is 16.9. The molecule has 7 nitrogen and oxygen atoms in total. The molecule has 0 bridgehead atoms. The Labute approximate surface area is 159 Å². The number of nitrogens with zero attached hydrogens (tertiary/aromatic N) is 2. The van der Waals surface area contributed by atoms with Crippen molar-refractivity contribution in [2.75, 3.05) is 19.6 Å². The highest BCUT2D eigenvalue weighted by Crippen LogP contribution is 2.65. The minimum Gasteiger partial charge on any atom is -0.480 e. The van der Waals surface area contributed by atoms with Gasteiger partial charge in [0.15, 0.2) is 0 Å². The number of likely N-dealkylation sites (tertiary alicyclic amines) is 2. The van der Waals surface area contributed by atoms with E-state index in [4.69, 9.17) is 0 Å². The highest BCUT2D eigenvalue weighted by molar-refractivity contribution is 5.92. The van der Waals surface area contributed by atoms with Gasteiger partial charge in [0, 0.05) is 12.5 Å². The topological polar surface area (TPSA) is 90.0 Å². The van der Waals surface area contributed by atoms with Crippen LogP contribution in [0.2, 0.25) is 0 Å². The summed E-state index contributed by atoms with van der Waals surface area (Å²) in [6.07, 6.45) is 0. The molecule has 3 rings (SSSR count). The smallest absolute Gasteiger partial charge is 0.326 e. The lowest BCUT2D eigenvalue weighted by atomic mass is 9.85. The predicted molar refractivity (Wildman–Crippen MR) is 96.8 cm³/mol. The summed E-state index contributed by atoms with van der Waals surface area (Å²) in [5.74, 6) is -1.27. The van der Waals surface area contributed by atoms with Gasteiger partial charge in [0.25, 0.3) is 0 Å². The number of amides is 3. The minimum absolute atomic E-state index is 0.0102. The van der Waals surface area contributed by atoms with Crippen LogP contribution in [0.15, 0.2) is 0 Å². The number of carbonyl (C=O) groups is 3. The van der Waals surface area contributed by atoms with E-state index in [9.17, 15) is 23.9 Å². The third-order valence-corrected chi connectivity index (χ3v) is 6.45. The summed E-state index contributed by atoms with van der Waals surface area (Å²) in [7, 11) is 0. The van der Waals surface area contributed by atoms with Crippen molar-refractivity contribution in [2.24, 2.45) is 22.7 Å². The van der Waals surface area contributed by atoms with E-state index < -0.39 is 35.2 Å². The monoisotopic (exact) mass is 383 g/mol. The molecule has 0 radical (unpaired) electrons. The average Bonchev–Trinajstić information content (AvgIpc) is 2.84. The first-order valence-corrected chi connectivity index (χ1v) is 9.44. The van der Waals surface area contributed by atoms with E-state index in [1.807, 2.05) is 34.6 Å². The third kappa shape index (κ3) is 3.27. The van der Waals surface area contributed by atoms with E-state index in [2.05, 4.69) is 5.32 Å². The number of halogens is 1. The first-order chi connectivity index (χ1) is 12.2. The van der Waals surface area contributed by atoms with E-state index in [0.29, 0.717) is 6.54 Å². The highest BCUT2D eigenvalue weighted by atomic mass is 19.1. The number of aliphatic carboxylic acids is 1. The van der Waals surface area contributed by atoms with Crippen molar-refractivity contribution >= 4 is 17.9 Å². The van der Waals surface area contributed by atoms with Crippen molar-refractivity contribution in [1.82, 2.24) is 15.1 Å². The number of carboxylic acids is 1. The van der Waals surface area contributed by atoms with Crippen LogP contribution in [0.5, 0.6) is 0 Å². The van der Waals surface area contributed by atoms with Gasteiger partial charge >= 0.3 is 12.0 Å². The molecule has 2 aliphatic heterocycles. The van der Waals surface area contributed by atoms with Gasteiger partial charge in [-0.3, -0.25) is 4.79 Å². The summed E-state index contributed by atoms with van der Waals surface area (Å²) in [5, 5.41) is 12.4. The minimum atomic E-state index is -1.39. The van der Waals surface area contributed by atoms with Gasteiger partial charge in [-0.05, 0) is 23.7 Å². The maximum Gasteiger partial charge on any atom is 0.326 e. The van der Waals surface area contributed by atoms with Gasteiger partial charge in [0.05, 0.1) is 13.1 Å². The summed E-state index contributed by atoms with van der Waals surface area (Å²) in [4.78, 5) is 40.2. The Morgan fingerprint density at radius 3 is 2.19 bits per heavy atom. The average molecular weight is 383 g/mol. The number of rotatable bonds is 3. The Balaban J connectivity index is 1.75. The Morgan fingerprint density at radius 2 is 1.74 bits per heavy atom. The lowest BCUT2D eigenvalue weighted by Crippen LogP contribution is -2.65. The summed E-state index contributed by atoms with van der Waals surface area (Å²) >= 11 is 0. The molecule has 3 fully saturated rings. The molecule has 2 heterocycles. The molecule has 3 amide bonds. The van der Waals surface area contributed by atoms with Gasteiger partial charge < -0.3 is 20.2 Å². The maximum absolute atomic E-state index is 13.7. The molecular formula is C19H30FN3O4. The number of alkyl halides is 1. The highest BCUT2D eigenvalue weighted by Gasteiger charge is 2.70. The fraction of sp³-hybridized carbons (Fsp3) is 0.842.